The van der Waals surface area contributed by atoms with E-state index in [-0.39, 0.29) is 125 Å². The molecule has 6 aromatic heterocycles. The number of nitrogens with two attached hydrogens (primary N) is 2. The van der Waals surface area contributed by atoms with Crippen molar-refractivity contribution >= 4 is 92.9 Å². The van der Waals surface area contributed by atoms with Gasteiger partial charge < -0.3 is 98.8 Å². The summed E-state index contributed by atoms with van der Waals surface area (Å²) in [7, 11) is 4.55. The lowest BCUT2D eigenvalue weighted by Gasteiger charge is -2.42. The molecule has 7 aromatic rings. The molecule has 1 aromatic carbocycles. The van der Waals surface area contributed by atoms with Crippen molar-refractivity contribution in [2.75, 3.05) is 135 Å². The number of anilines is 4. The van der Waals surface area contributed by atoms with Gasteiger partial charge in [-0.1, -0.05) is 82.7 Å². The maximum Gasteiger partial charge on any atom is 0.407 e. The standard InChI is InChI=1S/C97H135N19O21/c1-60-19-13-11-14-20-61(2)79(127-8)50-72-26-23-66(7)97(126,137-72)88(122)91(123)114-31-18-16-21-75(114)92(124)135-80(51-77(118)62(3)46-65(6)86(121)87(129-10)85(120)64(5)45-60)63(4)47-67-24-27-74(81(48-67)128-9)116-57-71(109-111-116)58-134-96(125)100-30-38-131-40-42-133-44-43-132-41-39-130-37-29-82(119)101-52-68-53-102-94(103-54-68)112-33-35-113(36-34-112)95-104-55-70(56-105-95)76(117)22-15-12-17-32-115-90-83(89(98)106-59-107-90)84(110-115)69-25-28-78-73(49-69)108-93(99)136-78/h11,13-14,19-20,25,28,46,49,53-57,59-60,62-64,66-67,72,74-75,79-81,86-87,121,126H,12,15-18,21-24,26-27,29-45,47-48,50-52,58H2,1-10H3,(H2,99,108)(H,100,125)(H,101,119)(H2,98,106,107)/b14-11+,19-13+,61-20+,65-46+/t60-,62-,63-,64-,66-,67+,72+,74+,75+,79+,80+,81-,86-,87+,97-/m1/s1. The molecule has 5 aliphatic rings. The van der Waals surface area contributed by atoms with E-state index in [9.17, 15) is 48.6 Å². The third-order valence-corrected chi connectivity index (χ3v) is 26.3. The van der Waals surface area contributed by atoms with Gasteiger partial charge in [0.15, 0.2) is 22.8 Å². The topological polar surface area (TPSA) is 507 Å². The lowest BCUT2D eigenvalue weighted by molar-refractivity contribution is -0.265. The van der Waals surface area contributed by atoms with Crippen molar-refractivity contribution < 1.29 is 100 Å². The summed E-state index contributed by atoms with van der Waals surface area (Å²) in [6.45, 7) is 18.3. The largest absolute Gasteiger partial charge is 0.460 e. The molecule has 2 bridgehead atoms. The maximum absolute atomic E-state index is 14.8. The molecule has 137 heavy (non-hydrogen) atoms. The molecular weight excluding hydrogens is 1770 g/mol. The van der Waals surface area contributed by atoms with Crippen molar-refractivity contribution in [2.45, 2.75) is 232 Å². The molecule has 40 heteroatoms. The quantitative estimate of drug-likeness (QED) is 0.00700. The minimum absolute atomic E-state index is 0.0143. The second kappa shape index (κ2) is 51.4. The molecule has 0 unspecified atom stereocenters. The number of carbonyl (C=O) groups is 8. The molecule has 3 saturated heterocycles. The Labute approximate surface area is 797 Å². The molecule has 1 aliphatic carbocycles. The lowest BCUT2D eigenvalue weighted by atomic mass is 9.77. The number of cyclic esters (lactones) is 1. The highest BCUT2D eigenvalue weighted by Crippen LogP contribution is 2.41. The number of unbranched alkanes of at least 4 members (excludes halogenated alkanes) is 2. The number of rotatable bonds is 36. The summed E-state index contributed by atoms with van der Waals surface area (Å²) in [6, 6.07) is 4.12. The molecule has 15 atom stereocenters. The Morgan fingerprint density at radius 3 is 2.15 bits per heavy atom. The summed E-state index contributed by atoms with van der Waals surface area (Å²) in [4.78, 5) is 148. The molecule has 0 radical (unpaired) electrons. The molecule has 4 fully saturated rings. The van der Waals surface area contributed by atoms with Gasteiger partial charge in [0, 0.05) is 153 Å². The minimum Gasteiger partial charge on any atom is -0.460 e. The molecule has 1 saturated carbocycles. The maximum atomic E-state index is 14.8. The summed E-state index contributed by atoms with van der Waals surface area (Å²) in [6.07, 6.45) is 22.8. The van der Waals surface area contributed by atoms with Gasteiger partial charge in [0.2, 0.25) is 23.6 Å². The molecule has 8 N–H and O–H groups in total. The van der Waals surface area contributed by atoms with Crippen molar-refractivity contribution in [1.82, 2.24) is 75.2 Å². The molecule has 4 aliphatic heterocycles. The zero-order chi connectivity index (χ0) is 97.7. The Morgan fingerprint density at radius 1 is 0.730 bits per heavy atom. The highest BCUT2D eigenvalue weighted by Gasteiger charge is 2.53. The highest BCUT2D eigenvalue weighted by molar-refractivity contribution is 6.39. The van der Waals surface area contributed by atoms with Crippen molar-refractivity contribution in [3.8, 4) is 11.3 Å². The Hall–Kier alpha value is -11.3. The number of esters is 1. The summed E-state index contributed by atoms with van der Waals surface area (Å²) < 4.78 is 67.2. The number of hydrogen-bond donors (Lipinski definition) is 6. The van der Waals surface area contributed by atoms with Crippen LogP contribution >= 0.6 is 0 Å². The zero-order valence-electron chi connectivity index (χ0n) is 80.3. The molecule has 12 rings (SSSR count). The first kappa shape index (κ1) is 105. The van der Waals surface area contributed by atoms with E-state index in [1.165, 1.54) is 18.3 Å². The van der Waals surface area contributed by atoms with Crippen LogP contribution in [-0.2, 0) is 95.8 Å². The molecule has 10 heterocycles. The number of allylic oxidation sites excluding steroid dienone is 6. The van der Waals surface area contributed by atoms with E-state index in [4.69, 9.17) is 68.4 Å². The third kappa shape index (κ3) is 28.9. The number of ketones is 4. The number of nitrogens with one attached hydrogen (secondary N) is 2. The smallest absolute Gasteiger partial charge is 0.407 e. The number of piperazine rings is 1. The number of carbonyl (C=O) groups excluding carboxylic acids is 8. The van der Waals surface area contributed by atoms with E-state index in [2.05, 4.69) is 65.6 Å². The first-order valence-corrected chi connectivity index (χ1v) is 47.8. The number of aryl methyl sites for hydroxylation is 1. The van der Waals surface area contributed by atoms with E-state index in [1.807, 2.05) is 68.0 Å². The first-order chi connectivity index (χ1) is 66.1. The average Bonchev–Trinajstić information content (AvgIpc) is 1.76. The van der Waals surface area contributed by atoms with E-state index >= 15 is 0 Å². The van der Waals surface area contributed by atoms with Crippen LogP contribution < -0.4 is 31.9 Å². The second-order valence-electron chi connectivity index (χ2n) is 36.4. The van der Waals surface area contributed by atoms with E-state index in [1.54, 1.807) is 89.7 Å². The number of hydrogen-bond acceptors (Lipinski definition) is 35. The van der Waals surface area contributed by atoms with Gasteiger partial charge in [-0.25, -0.2) is 48.9 Å². The highest BCUT2D eigenvalue weighted by atomic mass is 16.6. The molecule has 0 spiro atoms. The van der Waals surface area contributed by atoms with Gasteiger partial charge in [0.25, 0.3) is 17.7 Å². The number of nitrogen functional groups attached to an aromatic ring is 2. The Morgan fingerprint density at radius 2 is 1.44 bits per heavy atom. The van der Waals surface area contributed by atoms with Gasteiger partial charge >= 0.3 is 12.1 Å². The number of aliphatic hydroxyl groups excluding tert-OH is 1. The number of ether oxygens (including phenoxy) is 10. The average molecular weight is 1900 g/mol. The Balaban J connectivity index is 0.499. The predicted octanol–water partition coefficient (Wildman–Crippen LogP) is 9.11. The summed E-state index contributed by atoms with van der Waals surface area (Å²) >= 11 is 0. The van der Waals surface area contributed by atoms with Gasteiger partial charge in [-0.2, -0.15) is 10.1 Å². The number of piperidine rings is 1. The number of methoxy groups -OCH3 is 3. The number of Topliss-reactive ketones (excluding diaryl/α,β-unsaturated/α-hetero) is 4. The fraction of sp³-hybridized carbons (Fsp3) is 0.608. The van der Waals surface area contributed by atoms with Crippen LogP contribution in [0.5, 0.6) is 0 Å². The molecule has 744 valence electrons. The minimum atomic E-state index is -2.49. The van der Waals surface area contributed by atoms with Gasteiger partial charge in [0.1, 0.15) is 65.8 Å². The van der Waals surface area contributed by atoms with Crippen LogP contribution in [0.15, 0.2) is 108 Å². The number of aliphatic hydroxyl groups is 2. The zero-order valence-corrected chi connectivity index (χ0v) is 80.3. The van der Waals surface area contributed by atoms with Gasteiger partial charge in [-0.3, -0.25) is 28.8 Å². The number of amides is 3. The molecule has 40 nitrogen and oxygen atoms in total. The number of alkyl carbamates (subject to hydrolysis) is 1. The van der Waals surface area contributed by atoms with Crippen molar-refractivity contribution in [2.24, 2.45) is 35.5 Å². The van der Waals surface area contributed by atoms with Crippen LogP contribution in [0.4, 0.5) is 28.5 Å². The second-order valence-corrected chi connectivity index (χ2v) is 36.4. The van der Waals surface area contributed by atoms with Crippen LogP contribution in [0, 0.1) is 35.5 Å². The molecular formula is C97H135N19O21. The summed E-state index contributed by atoms with van der Waals surface area (Å²) in [5, 5.41) is 43.6. The fourth-order valence-electron chi connectivity index (χ4n) is 18.3. The summed E-state index contributed by atoms with van der Waals surface area (Å²) in [5.74, 6) is -7.38. The summed E-state index contributed by atoms with van der Waals surface area (Å²) in [5.41, 5.74) is 18.1. The van der Waals surface area contributed by atoms with Crippen LogP contribution in [-0.4, -0.2) is 284 Å². The van der Waals surface area contributed by atoms with E-state index in [0.717, 1.165) is 29.5 Å². The van der Waals surface area contributed by atoms with Crippen LogP contribution in [0.1, 0.15) is 185 Å². The number of fused-ring (bicyclic) bond motifs is 5. The van der Waals surface area contributed by atoms with Gasteiger partial charge in [0.05, 0.1) is 94.4 Å². The third-order valence-electron chi connectivity index (χ3n) is 26.3. The fourth-order valence-corrected chi connectivity index (χ4v) is 18.3. The first-order valence-electron chi connectivity index (χ1n) is 47.8. The van der Waals surface area contributed by atoms with Crippen LogP contribution in [0.25, 0.3) is 33.4 Å². The predicted molar refractivity (Wildman–Crippen MR) is 505 cm³/mol. The van der Waals surface area contributed by atoms with E-state index < -0.39 is 89.8 Å². The van der Waals surface area contributed by atoms with Crippen LogP contribution in [0.3, 0.4) is 0 Å². The number of nitrogens with zero attached hydrogens (tertiary/aromatic N) is 15. The number of aromatic nitrogens is 12. The molecule has 3 amide bonds. The monoisotopic (exact) mass is 1900 g/mol. The Bertz CT molecular complexity index is 5290. The van der Waals surface area contributed by atoms with E-state index in [0.29, 0.717) is 199 Å². The van der Waals surface area contributed by atoms with Crippen molar-refractivity contribution in [3.63, 3.8) is 0 Å². The van der Waals surface area contributed by atoms with Crippen molar-refractivity contribution in [3.05, 3.63) is 120 Å². The van der Waals surface area contributed by atoms with Gasteiger partial charge in [-0.15, -0.1) is 5.10 Å². The number of oxazole rings is 1. The normalized spacial score (nSPS) is 26.0. The van der Waals surface area contributed by atoms with Crippen molar-refractivity contribution in [1.29, 1.82) is 0 Å². The SMILES string of the molecule is CO[C@H]1C[C@@H]2CC[C@@H](C)[C@@](O)(O2)C(=O)C(=O)N2CCCC[C@H]2C(=O)O[C@H]([C@H](C)C[C@@H]2CC[C@H](n3cc(COC(=O)NCCOCCOCCOCCOCCC(=O)NCc4cnc(N5CCN(c6ncc(C(=O)CCCCCn7nc(-c8ccc9oc(N)nc9c8)c8c(N)ncnc87)cn6)CC5)nc4)nn3)[C@H](OC)C2)CC(=O)[C@H](C)/C=C(\C)[C@@H](O)[C@@H](OC)C(=O)[C@H](C)C[C@H](C)/C=C/C=C/C=C/1C. The Kier molecular flexibility index (Phi) is 39.2. The number of benzene rings is 1. The van der Waals surface area contributed by atoms with Gasteiger partial charge in [-0.05, 0) is 138 Å². The lowest BCUT2D eigenvalue weighted by Crippen LogP contribution is -2.61. The van der Waals surface area contributed by atoms with Crippen LogP contribution in [0.2, 0.25) is 0 Å².